The molecule has 0 radical (unpaired) electrons. The summed E-state index contributed by atoms with van der Waals surface area (Å²) < 4.78 is 7.54. The third kappa shape index (κ3) is 3.20. The van der Waals surface area contributed by atoms with E-state index in [2.05, 4.69) is 40.8 Å². The highest BCUT2D eigenvalue weighted by molar-refractivity contribution is 5.38. The van der Waals surface area contributed by atoms with Gasteiger partial charge in [-0.25, -0.2) is 4.98 Å². The predicted octanol–water partition coefficient (Wildman–Crippen LogP) is 2.63. The Hall–Kier alpha value is -1.81. The summed E-state index contributed by atoms with van der Waals surface area (Å²) >= 11 is 0. The summed E-state index contributed by atoms with van der Waals surface area (Å²) in [6.45, 7) is 5.15. The third-order valence-corrected chi connectivity index (χ3v) is 3.52. The minimum atomic E-state index is 0.239. The molecule has 0 amide bonds. The van der Waals surface area contributed by atoms with Gasteiger partial charge in [-0.15, -0.1) is 0 Å². The van der Waals surface area contributed by atoms with Gasteiger partial charge >= 0.3 is 0 Å². The number of likely N-dealkylation sites (N-methyl/N-ethyl adjacent to an activating group) is 1. The topological polar surface area (TPSA) is 39.1 Å². The van der Waals surface area contributed by atoms with Crippen LogP contribution in [0.25, 0.3) is 0 Å². The van der Waals surface area contributed by atoms with Gasteiger partial charge < -0.3 is 14.6 Å². The SMILES string of the molecule is CCNC(Cc1cc(C)ccc1OC)c1cncn1C. The summed E-state index contributed by atoms with van der Waals surface area (Å²) in [6.07, 6.45) is 4.65. The van der Waals surface area contributed by atoms with Crippen LogP contribution in [-0.4, -0.2) is 23.2 Å². The number of hydrogen-bond donors (Lipinski definition) is 1. The van der Waals surface area contributed by atoms with Gasteiger partial charge in [-0.1, -0.05) is 24.6 Å². The molecule has 0 aliphatic carbocycles. The average molecular weight is 273 g/mol. The number of rotatable bonds is 6. The van der Waals surface area contributed by atoms with Crippen LogP contribution in [0.3, 0.4) is 0 Å². The van der Waals surface area contributed by atoms with E-state index in [1.165, 1.54) is 16.8 Å². The number of nitrogens with zero attached hydrogens (tertiary/aromatic N) is 2. The number of hydrogen-bond acceptors (Lipinski definition) is 3. The van der Waals surface area contributed by atoms with Gasteiger partial charge in [-0.05, 0) is 31.5 Å². The number of aromatic nitrogens is 2. The Balaban J connectivity index is 2.29. The molecule has 0 bridgehead atoms. The highest BCUT2D eigenvalue weighted by atomic mass is 16.5. The van der Waals surface area contributed by atoms with Crippen LogP contribution < -0.4 is 10.1 Å². The average Bonchev–Trinajstić information content (AvgIpc) is 2.85. The van der Waals surface area contributed by atoms with Crippen molar-refractivity contribution in [2.24, 2.45) is 7.05 Å². The molecular weight excluding hydrogens is 250 g/mol. The Kier molecular flexibility index (Phi) is 4.79. The van der Waals surface area contributed by atoms with Crippen LogP contribution in [0.4, 0.5) is 0 Å². The van der Waals surface area contributed by atoms with Crippen LogP contribution in [0, 0.1) is 6.92 Å². The van der Waals surface area contributed by atoms with Crippen molar-refractivity contribution in [3.05, 3.63) is 47.5 Å². The number of methoxy groups -OCH3 is 1. The molecule has 0 aliphatic heterocycles. The van der Waals surface area contributed by atoms with Crippen molar-refractivity contribution in [3.8, 4) is 5.75 Å². The smallest absolute Gasteiger partial charge is 0.122 e. The number of aryl methyl sites for hydroxylation is 2. The number of nitrogens with one attached hydrogen (secondary N) is 1. The van der Waals surface area contributed by atoms with Crippen LogP contribution in [0.1, 0.15) is 29.8 Å². The van der Waals surface area contributed by atoms with E-state index in [9.17, 15) is 0 Å². The van der Waals surface area contributed by atoms with Gasteiger partial charge in [0.1, 0.15) is 5.75 Å². The lowest BCUT2D eigenvalue weighted by Crippen LogP contribution is -2.25. The molecule has 1 heterocycles. The lowest BCUT2D eigenvalue weighted by atomic mass is 10.0. The van der Waals surface area contributed by atoms with Crippen molar-refractivity contribution < 1.29 is 4.74 Å². The minimum absolute atomic E-state index is 0.239. The van der Waals surface area contributed by atoms with E-state index in [-0.39, 0.29) is 6.04 Å². The van der Waals surface area contributed by atoms with E-state index in [1.54, 1.807) is 7.11 Å². The summed E-state index contributed by atoms with van der Waals surface area (Å²) in [5, 5.41) is 3.53. The molecule has 1 aromatic heterocycles. The first-order valence-electron chi connectivity index (χ1n) is 6.98. The van der Waals surface area contributed by atoms with Crippen LogP contribution in [0.5, 0.6) is 5.75 Å². The zero-order chi connectivity index (χ0) is 14.5. The van der Waals surface area contributed by atoms with Crippen LogP contribution in [0.15, 0.2) is 30.7 Å². The van der Waals surface area contributed by atoms with Crippen molar-refractivity contribution in [3.63, 3.8) is 0 Å². The maximum absolute atomic E-state index is 5.48. The van der Waals surface area contributed by atoms with Crippen LogP contribution in [0.2, 0.25) is 0 Å². The molecule has 0 aliphatic rings. The van der Waals surface area contributed by atoms with Gasteiger partial charge in [0.05, 0.1) is 25.2 Å². The second kappa shape index (κ2) is 6.57. The monoisotopic (exact) mass is 273 g/mol. The molecule has 2 rings (SSSR count). The zero-order valence-electron chi connectivity index (χ0n) is 12.7. The van der Waals surface area contributed by atoms with Gasteiger partial charge in [-0.2, -0.15) is 0 Å². The Labute approximate surface area is 120 Å². The van der Waals surface area contributed by atoms with Gasteiger partial charge in [0.25, 0.3) is 0 Å². The van der Waals surface area contributed by atoms with Gasteiger partial charge in [0.15, 0.2) is 0 Å². The predicted molar refractivity (Wildman–Crippen MR) is 81.1 cm³/mol. The zero-order valence-corrected chi connectivity index (χ0v) is 12.7. The fourth-order valence-electron chi connectivity index (χ4n) is 2.52. The van der Waals surface area contributed by atoms with Crippen molar-refractivity contribution in [1.29, 1.82) is 0 Å². The molecule has 108 valence electrons. The summed E-state index contributed by atoms with van der Waals surface area (Å²) in [5.41, 5.74) is 3.66. The quantitative estimate of drug-likeness (QED) is 0.879. The number of imidazole rings is 1. The van der Waals surface area contributed by atoms with Crippen molar-refractivity contribution in [2.45, 2.75) is 26.3 Å². The van der Waals surface area contributed by atoms with Crippen molar-refractivity contribution in [1.82, 2.24) is 14.9 Å². The molecule has 1 atom stereocenters. The molecule has 1 aromatic carbocycles. The molecule has 4 heteroatoms. The molecular formula is C16H23N3O. The molecule has 0 saturated heterocycles. The largest absolute Gasteiger partial charge is 0.496 e. The van der Waals surface area contributed by atoms with Crippen LogP contribution in [-0.2, 0) is 13.5 Å². The number of benzene rings is 1. The summed E-state index contributed by atoms with van der Waals surface area (Å²) in [4.78, 5) is 4.22. The Morgan fingerprint density at radius 2 is 2.20 bits per heavy atom. The number of ether oxygens (including phenoxy) is 1. The molecule has 4 nitrogen and oxygen atoms in total. The van der Waals surface area contributed by atoms with E-state index < -0.39 is 0 Å². The van der Waals surface area contributed by atoms with Crippen molar-refractivity contribution >= 4 is 0 Å². The highest BCUT2D eigenvalue weighted by Gasteiger charge is 2.16. The Bertz CT molecular complexity index is 563. The first-order valence-corrected chi connectivity index (χ1v) is 6.98. The second-order valence-electron chi connectivity index (χ2n) is 5.06. The van der Waals surface area contributed by atoms with Crippen molar-refractivity contribution in [2.75, 3.05) is 13.7 Å². The highest BCUT2D eigenvalue weighted by Crippen LogP contribution is 2.25. The summed E-state index contributed by atoms with van der Waals surface area (Å²) in [7, 11) is 3.75. The standard InChI is InChI=1S/C16H23N3O/c1-5-18-14(15-10-17-11-19(15)3)9-13-8-12(2)6-7-16(13)20-4/h6-8,10-11,14,18H,5,9H2,1-4H3. The second-order valence-corrected chi connectivity index (χ2v) is 5.06. The lowest BCUT2D eigenvalue weighted by molar-refractivity contribution is 0.404. The van der Waals surface area contributed by atoms with Crippen LogP contribution >= 0.6 is 0 Å². The van der Waals surface area contributed by atoms with E-state index >= 15 is 0 Å². The first-order chi connectivity index (χ1) is 9.65. The lowest BCUT2D eigenvalue weighted by Gasteiger charge is -2.20. The Morgan fingerprint density at radius 1 is 1.40 bits per heavy atom. The third-order valence-electron chi connectivity index (χ3n) is 3.52. The Morgan fingerprint density at radius 3 is 2.80 bits per heavy atom. The molecule has 0 fully saturated rings. The maximum atomic E-state index is 5.48. The van der Waals surface area contributed by atoms with Gasteiger partial charge in [0, 0.05) is 13.2 Å². The molecule has 1 unspecified atom stereocenters. The fourth-order valence-corrected chi connectivity index (χ4v) is 2.52. The van der Waals surface area contributed by atoms with Gasteiger partial charge in [-0.3, -0.25) is 0 Å². The minimum Gasteiger partial charge on any atom is -0.496 e. The molecule has 1 N–H and O–H groups in total. The normalized spacial score (nSPS) is 12.4. The van der Waals surface area contributed by atoms with E-state index in [4.69, 9.17) is 4.74 Å². The summed E-state index contributed by atoms with van der Waals surface area (Å²) in [6, 6.07) is 6.55. The molecule has 0 spiro atoms. The van der Waals surface area contributed by atoms with E-state index in [1.807, 2.05) is 25.6 Å². The maximum Gasteiger partial charge on any atom is 0.122 e. The van der Waals surface area contributed by atoms with Gasteiger partial charge in [0.2, 0.25) is 0 Å². The van der Waals surface area contributed by atoms with E-state index in [0.717, 1.165) is 18.7 Å². The fraction of sp³-hybridized carbons (Fsp3) is 0.438. The molecule has 2 aromatic rings. The van der Waals surface area contributed by atoms with E-state index in [0.29, 0.717) is 0 Å². The first kappa shape index (κ1) is 14.6. The summed E-state index contributed by atoms with van der Waals surface area (Å²) in [5.74, 6) is 0.945. The molecule has 0 saturated carbocycles. The molecule has 20 heavy (non-hydrogen) atoms.